The molecule has 0 saturated carbocycles. The molecule has 1 N–H and O–H groups in total. The lowest BCUT2D eigenvalue weighted by atomic mass is 9.95. The van der Waals surface area contributed by atoms with Gasteiger partial charge in [-0.05, 0) is 73.0 Å². The van der Waals surface area contributed by atoms with Crippen LogP contribution in [0.5, 0.6) is 5.75 Å². The number of Topliss-reactive ketones (excluding diaryl/α,β-unsaturated/α-hetero) is 1. The van der Waals surface area contributed by atoms with Crippen molar-refractivity contribution in [2.75, 3.05) is 12.0 Å². The van der Waals surface area contributed by atoms with Crippen LogP contribution in [0, 0.1) is 13.8 Å². The van der Waals surface area contributed by atoms with Crippen molar-refractivity contribution in [3.8, 4) is 5.75 Å². The maximum Gasteiger partial charge on any atom is 0.301 e. The molecule has 176 valence electrons. The van der Waals surface area contributed by atoms with Gasteiger partial charge >= 0.3 is 5.91 Å². The molecule has 0 aliphatic carbocycles. The molecule has 1 aromatic heterocycles. The van der Waals surface area contributed by atoms with Crippen LogP contribution < -0.4 is 9.64 Å². The van der Waals surface area contributed by atoms with Crippen molar-refractivity contribution in [3.63, 3.8) is 0 Å². The zero-order chi connectivity index (χ0) is 24.9. The summed E-state index contributed by atoms with van der Waals surface area (Å²) in [4.78, 5) is 32.8. The summed E-state index contributed by atoms with van der Waals surface area (Å²) in [5.41, 5.74) is 3.88. The number of anilines is 1. The second kappa shape index (κ2) is 8.83. The third kappa shape index (κ3) is 3.96. The standard InChI is InChI=1S/C27H21ClN2O4S/c1-14-12-15(2)22-20(13-14)35-27(29-22)30-23(16-6-10-19(34-3)11-7-16)21(25(32)26(30)33)24(31)17-4-8-18(28)9-5-17/h4-13,23,31H,1-3H3/b24-21+/t23-/m0/s1. The van der Waals surface area contributed by atoms with E-state index in [2.05, 4.69) is 0 Å². The molecule has 1 aliphatic heterocycles. The Morgan fingerprint density at radius 2 is 1.74 bits per heavy atom. The smallest absolute Gasteiger partial charge is 0.301 e. The molecule has 8 heteroatoms. The first-order valence-corrected chi connectivity index (χ1v) is 12.1. The minimum atomic E-state index is -0.862. The molecular formula is C27H21ClN2O4S. The first-order valence-electron chi connectivity index (χ1n) is 10.9. The molecule has 0 unspecified atom stereocenters. The number of halogens is 1. The maximum atomic E-state index is 13.4. The lowest BCUT2D eigenvalue weighted by Crippen LogP contribution is -2.29. The Morgan fingerprint density at radius 1 is 1.06 bits per heavy atom. The van der Waals surface area contributed by atoms with E-state index < -0.39 is 17.7 Å². The van der Waals surface area contributed by atoms with Crippen molar-refractivity contribution in [3.05, 3.63) is 93.5 Å². The molecular weight excluding hydrogens is 484 g/mol. The Hall–Kier alpha value is -3.68. The summed E-state index contributed by atoms with van der Waals surface area (Å²) in [5, 5.41) is 12.1. The van der Waals surface area contributed by atoms with Crippen molar-refractivity contribution in [2.24, 2.45) is 0 Å². The summed E-state index contributed by atoms with van der Waals surface area (Å²) < 4.78 is 6.19. The molecule has 1 amide bonds. The fourth-order valence-corrected chi connectivity index (χ4v) is 5.65. The van der Waals surface area contributed by atoms with Crippen LogP contribution in [0.2, 0.25) is 5.02 Å². The van der Waals surface area contributed by atoms with Crippen molar-refractivity contribution in [1.82, 2.24) is 4.98 Å². The number of nitrogens with zero attached hydrogens (tertiary/aromatic N) is 2. The summed E-state index contributed by atoms with van der Waals surface area (Å²) >= 11 is 7.34. The van der Waals surface area contributed by atoms with Crippen molar-refractivity contribution < 1.29 is 19.4 Å². The number of rotatable bonds is 4. The van der Waals surface area contributed by atoms with Gasteiger partial charge in [0.2, 0.25) is 0 Å². The average Bonchev–Trinajstić information content (AvgIpc) is 3.38. The van der Waals surface area contributed by atoms with Crippen LogP contribution in [0.4, 0.5) is 5.13 Å². The normalized spacial score (nSPS) is 17.4. The molecule has 3 aromatic carbocycles. The van der Waals surface area contributed by atoms with Gasteiger partial charge in [0, 0.05) is 10.6 Å². The molecule has 4 aromatic rings. The van der Waals surface area contributed by atoms with Gasteiger partial charge in [0.25, 0.3) is 5.78 Å². The van der Waals surface area contributed by atoms with E-state index in [0.29, 0.717) is 27.0 Å². The second-order valence-corrected chi connectivity index (χ2v) is 9.82. The topological polar surface area (TPSA) is 79.7 Å². The number of ether oxygens (including phenoxy) is 1. The number of benzene rings is 3. The van der Waals surface area contributed by atoms with Crippen molar-refractivity contribution in [1.29, 1.82) is 0 Å². The highest BCUT2D eigenvalue weighted by molar-refractivity contribution is 7.22. The molecule has 1 fully saturated rings. The summed E-state index contributed by atoms with van der Waals surface area (Å²) in [6, 6.07) is 16.7. The quantitative estimate of drug-likeness (QED) is 0.203. The van der Waals surface area contributed by atoms with E-state index in [0.717, 1.165) is 21.3 Å². The van der Waals surface area contributed by atoms with Crippen LogP contribution in [-0.2, 0) is 9.59 Å². The number of hydrogen-bond acceptors (Lipinski definition) is 6. The molecule has 5 rings (SSSR count). The number of fused-ring (bicyclic) bond motifs is 1. The highest BCUT2D eigenvalue weighted by Crippen LogP contribution is 2.45. The number of aliphatic hydroxyl groups excluding tert-OH is 1. The number of carbonyl (C=O) groups is 2. The SMILES string of the molecule is COc1ccc([C@H]2/C(=C(\O)c3ccc(Cl)cc3)C(=O)C(=O)N2c2nc3c(C)cc(C)cc3s2)cc1. The number of hydrogen-bond donors (Lipinski definition) is 1. The Balaban J connectivity index is 1.73. The third-order valence-electron chi connectivity index (χ3n) is 6.02. The van der Waals surface area contributed by atoms with Crippen molar-refractivity contribution in [2.45, 2.75) is 19.9 Å². The van der Waals surface area contributed by atoms with Gasteiger partial charge in [0.1, 0.15) is 11.5 Å². The zero-order valence-corrected chi connectivity index (χ0v) is 20.8. The Labute approximate surface area is 211 Å². The van der Waals surface area contributed by atoms with E-state index in [1.165, 1.54) is 16.2 Å². The Bertz CT molecular complexity index is 1510. The molecule has 35 heavy (non-hydrogen) atoms. The van der Waals surface area contributed by atoms with E-state index in [9.17, 15) is 14.7 Å². The fraction of sp³-hybridized carbons (Fsp3) is 0.148. The third-order valence-corrected chi connectivity index (χ3v) is 7.27. The van der Waals surface area contributed by atoms with Crippen LogP contribution >= 0.6 is 22.9 Å². The number of thiazole rings is 1. The molecule has 2 heterocycles. The van der Waals surface area contributed by atoms with E-state index in [1.807, 2.05) is 26.0 Å². The Kier molecular flexibility index (Phi) is 5.83. The number of methoxy groups -OCH3 is 1. The van der Waals surface area contributed by atoms with Gasteiger partial charge in [0.05, 0.1) is 28.9 Å². The van der Waals surface area contributed by atoms with E-state index in [4.69, 9.17) is 21.3 Å². The minimum absolute atomic E-state index is 0.00496. The van der Waals surface area contributed by atoms with Crippen LogP contribution in [0.3, 0.4) is 0 Å². The molecule has 0 radical (unpaired) electrons. The average molecular weight is 505 g/mol. The predicted molar refractivity (Wildman–Crippen MR) is 138 cm³/mol. The van der Waals surface area contributed by atoms with E-state index in [1.54, 1.807) is 55.6 Å². The van der Waals surface area contributed by atoms with Gasteiger partial charge in [0.15, 0.2) is 5.13 Å². The monoisotopic (exact) mass is 504 g/mol. The Morgan fingerprint density at radius 3 is 2.40 bits per heavy atom. The molecule has 1 atom stereocenters. The summed E-state index contributed by atoms with van der Waals surface area (Å²) in [6.45, 7) is 3.97. The first-order chi connectivity index (χ1) is 16.8. The van der Waals surface area contributed by atoms with Crippen LogP contribution in [0.1, 0.15) is 28.3 Å². The van der Waals surface area contributed by atoms with E-state index in [-0.39, 0.29) is 11.3 Å². The van der Waals surface area contributed by atoms with Gasteiger partial charge in [-0.2, -0.15) is 0 Å². The lowest BCUT2D eigenvalue weighted by Gasteiger charge is -2.23. The first kappa shape index (κ1) is 23.1. The number of ketones is 1. The largest absolute Gasteiger partial charge is 0.507 e. The molecule has 1 aliphatic rings. The highest BCUT2D eigenvalue weighted by Gasteiger charge is 2.48. The number of amides is 1. The second-order valence-electron chi connectivity index (χ2n) is 8.37. The summed E-state index contributed by atoms with van der Waals surface area (Å²) in [7, 11) is 1.56. The minimum Gasteiger partial charge on any atom is -0.507 e. The lowest BCUT2D eigenvalue weighted by molar-refractivity contribution is -0.132. The van der Waals surface area contributed by atoms with Crippen LogP contribution in [-0.4, -0.2) is 28.9 Å². The molecule has 0 spiro atoms. The van der Waals surface area contributed by atoms with Gasteiger partial charge in [-0.1, -0.05) is 41.1 Å². The number of carbonyl (C=O) groups excluding carboxylic acids is 2. The fourth-order valence-electron chi connectivity index (χ4n) is 4.36. The molecule has 6 nitrogen and oxygen atoms in total. The summed E-state index contributed by atoms with van der Waals surface area (Å²) in [5.74, 6) is -1.15. The zero-order valence-electron chi connectivity index (χ0n) is 19.2. The van der Waals surface area contributed by atoms with Gasteiger partial charge < -0.3 is 9.84 Å². The molecule has 1 saturated heterocycles. The van der Waals surface area contributed by atoms with Gasteiger partial charge in [-0.15, -0.1) is 0 Å². The number of aryl methyl sites for hydroxylation is 2. The number of aromatic nitrogens is 1. The van der Waals surface area contributed by atoms with Crippen LogP contribution in [0.15, 0.2) is 66.2 Å². The maximum absolute atomic E-state index is 13.4. The van der Waals surface area contributed by atoms with E-state index >= 15 is 0 Å². The molecule has 0 bridgehead atoms. The van der Waals surface area contributed by atoms with Gasteiger partial charge in [-0.25, -0.2) is 4.98 Å². The number of aliphatic hydroxyl groups is 1. The highest BCUT2D eigenvalue weighted by atomic mass is 35.5. The van der Waals surface area contributed by atoms with Crippen molar-refractivity contribution >= 4 is 55.7 Å². The summed E-state index contributed by atoms with van der Waals surface area (Å²) in [6.07, 6.45) is 0. The van der Waals surface area contributed by atoms with Crippen LogP contribution in [0.25, 0.3) is 16.0 Å². The van der Waals surface area contributed by atoms with Gasteiger partial charge in [-0.3, -0.25) is 14.5 Å². The predicted octanol–water partition coefficient (Wildman–Crippen LogP) is 6.20.